The predicted octanol–water partition coefficient (Wildman–Crippen LogP) is 0.352. The summed E-state index contributed by atoms with van der Waals surface area (Å²) in [6.07, 6.45) is -1.57. The summed E-state index contributed by atoms with van der Waals surface area (Å²) in [6.45, 7) is 1.43. The Labute approximate surface area is 99.1 Å². The second-order valence-electron chi connectivity index (χ2n) is 3.73. The van der Waals surface area contributed by atoms with Gasteiger partial charge in [0.25, 0.3) is 0 Å². The standard InChI is InChI=1S/C12H15NO4/c1-8(9-5-3-2-4-6-9)11(15)13-7-10(14)12(16)17/h2-6,8,10,14H,7H2,1H3,(H,13,15)(H,16,17)/t8?,10-/m0/s1. The van der Waals surface area contributed by atoms with Gasteiger partial charge in [0.05, 0.1) is 12.5 Å². The summed E-state index contributed by atoms with van der Waals surface area (Å²) >= 11 is 0. The van der Waals surface area contributed by atoms with E-state index in [1.54, 1.807) is 6.92 Å². The molecule has 0 aromatic heterocycles. The Balaban J connectivity index is 2.51. The van der Waals surface area contributed by atoms with Crippen LogP contribution >= 0.6 is 0 Å². The van der Waals surface area contributed by atoms with Crippen molar-refractivity contribution in [2.75, 3.05) is 6.54 Å². The van der Waals surface area contributed by atoms with Crippen LogP contribution in [0.4, 0.5) is 0 Å². The normalized spacial score (nSPS) is 13.8. The third kappa shape index (κ3) is 3.88. The van der Waals surface area contributed by atoms with Crippen LogP contribution < -0.4 is 5.32 Å². The molecule has 0 fully saturated rings. The summed E-state index contributed by atoms with van der Waals surface area (Å²) in [5.41, 5.74) is 0.842. The van der Waals surface area contributed by atoms with Crippen molar-refractivity contribution in [1.82, 2.24) is 5.32 Å². The maximum atomic E-state index is 11.7. The van der Waals surface area contributed by atoms with E-state index in [1.165, 1.54) is 0 Å². The van der Waals surface area contributed by atoms with E-state index < -0.39 is 12.1 Å². The van der Waals surface area contributed by atoms with Gasteiger partial charge in [0.2, 0.25) is 5.91 Å². The van der Waals surface area contributed by atoms with Crippen LogP contribution in [0.1, 0.15) is 18.4 Å². The Hall–Kier alpha value is -1.88. The Morgan fingerprint density at radius 2 is 1.88 bits per heavy atom. The largest absolute Gasteiger partial charge is 0.479 e. The molecule has 1 rings (SSSR count). The average Bonchev–Trinajstić information content (AvgIpc) is 2.35. The van der Waals surface area contributed by atoms with Gasteiger partial charge in [0, 0.05) is 0 Å². The molecule has 5 heteroatoms. The van der Waals surface area contributed by atoms with Gasteiger partial charge in [-0.3, -0.25) is 4.79 Å². The minimum Gasteiger partial charge on any atom is -0.479 e. The molecular weight excluding hydrogens is 222 g/mol. The second kappa shape index (κ2) is 6.00. The number of hydrogen-bond donors (Lipinski definition) is 3. The van der Waals surface area contributed by atoms with Gasteiger partial charge in [0.15, 0.2) is 6.10 Å². The lowest BCUT2D eigenvalue weighted by Gasteiger charge is -2.13. The van der Waals surface area contributed by atoms with Gasteiger partial charge < -0.3 is 15.5 Å². The van der Waals surface area contributed by atoms with Crippen molar-refractivity contribution < 1.29 is 19.8 Å². The molecule has 17 heavy (non-hydrogen) atoms. The van der Waals surface area contributed by atoms with E-state index in [0.29, 0.717) is 0 Å². The van der Waals surface area contributed by atoms with Gasteiger partial charge in [-0.1, -0.05) is 30.3 Å². The molecule has 1 aromatic carbocycles. The molecule has 5 nitrogen and oxygen atoms in total. The van der Waals surface area contributed by atoms with Gasteiger partial charge in [-0.2, -0.15) is 0 Å². The van der Waals surface area contributed by atoms with E-state index in [1.807, 2.05) is 30.3 Å². The SMILES string of the molecule is CC(C(=O)NC[C@H](O)C(=O)O)c1ccccc1. The third-order valence-corrected chi connectivity index (χ3v) is 2.45. The van der Waals surface area contributed by atoms with Gasteiger partial charge in [-0.25, -0.2) is 4.79 Å². The molecule has 3 N–H and O–H groups in total. The summed E-state index contributed by atoms with van der Waals surface area (Å²) < 4.78 is 0. The average molecular weight is 237 g/mol. The zero-order chi connectivity index (χ0) is 12.8. The second-order valence-corrected chi connectivity index (χ2v) is 3.73. The van der Waals surface area contributed by atoms with Crippen LogP contribution in [0, 0.1) is 0 Å². The molecule has 0 bridgehead atoms. The van der Waals surface area contributed by atoms with E-state index in [2.05, 4.69) is 5.32 Å². The molecule has 0 aliphatic rings. The lowest BCUT2D eigenvalue weighted by atomic mass is 10.0. The highest BCUT2D eigenvalue weighted by Gasteiger charge is 2.18. The molecule has 1 unspecified atom stereocenters. The summed E-state index contributed by atoms with van der Waals surface area (Å²) in [5, 5.41) is 19.9. The minimum atomic E-state index is -1.57. The van der Waals surface area contributed by atoms with Gasteiger partial charge >= 0.3 is 5.97 Å². The maximum absolute atomic E-state index is 11.7. The number of carbonyl (C=O) groups is 2. The van der Waals surface area contributed by atoms with Crippen molar-refractivity contribution in [2.45, 2.75) is 18.9 Å². The lowest BCUT2D eigenvalue weighted by Crippen LogP contribution is -2.38. The summed E-state index contributed by atoms with van der Waals surface area (Å²) in [4.78, 5) is 22.0. The first-order chi connectivity index (χ1) is 8.02. The molecule has 0 heterocycles. The molecule has 0 aliphatic carbocycles. The number of carboxylic acid groups (broad SMARTS) is 1. The summed E-state index contributed by atoms with van der Waals surface area (Å²) in [5.74, 6) is -2.04. The van der Waals surface area contributed by atoms with E-state index >= 15 is 0 Å². The quantitative estimate of drug-likeness (QED) is 0.689. The first-order valence-corrected chi connectivity index (χ1v) is 5.26. The Morgan fingerprint density at radius 1 is 1.29 bits per heavy atom. The highest BCUT2D eigenvalue weighted by Crippen LogP contribution is 2.14. The van der Waals surface area contributed by atoms with Crippen molar-refractivity contribution in [2.24, 2.45) is 0 Å². The van der Waals surface area contributed by atoms with Crippen LogP contribution in [-0.2, 0) is 9.59 Å². The molecule has 0 aliphatic heterocycles. The van der Waals surface area contributed by atoms with E-state index in [0.717, 1.165) is 5.56 Å². The first kappa shape index (κ1) is 13.2. The zero-order valence-electron chi connectivity index (χ0n) is 9.46. The van der Waals surface area contributed by atoms with E-state index in [4.69, 9.17) is 10.2 Å². The maximum Gasteiger partial charge on any atom is 0.334 e. The number of carbonyl (C=O) groups excluding carboxylic acids is 1. The monoisotopic (exact) mass is 237 g/mol. The zero-order valence-corrected chi connectivity index (χ0v) is 9.46. The number of rotatable bonds is 5. The van der Waals surface area contributed by atoms with Crippen LogP contribution in [-0.4, -0.2) is 34.7 Å². The number of nitrogens with one attached hydrogen (secondary N) is 1. The fourth-order valence-corrected chi connectivity index (χ4v) is 1.33. The van der Waals surface area contributed by atoms with Crippen LogP contribution in [0.15, 0.2) is 30.3 Å². The predicted molar refractivity (Wildman–Crippen MR) is 61.5 cm³/mol. The fourth-order valence-electron chi connectivity index (χ4n) is 1.33. The summed E-state index contributed by atoms with van der Waals surface area (Å²) in [7, 11) is 0. The van der Waals surface area contributed by atoms with Crippen LogP contribution in [0.3, 0.4) is 0 Å². The van der Waals surface area contributed by atoms with Gasteiger partial charge in [-0.15, -0.1) is 0 Å². The third-order valence-electron chi connectivity index (χ3n) is 2.45. The molecule has 0 radical (unpaired) electrons. The number of aliphatic hydroxyl groups excluding tert-OH is 1. The number of aliphatic hydroxyl groups is 1. The first-order valence-electron chi connectivity index (χ1n) is 5.26. The lowest BCUT2D eigenvalue weighted by molar-refractivity contribution is -0.146. The number of carboxylic acids is 1. The van der Waals surface area contributed by atoms with Crippen molar-refractivity contribution in [3.63, 3.8) is 0 Å². The number of benzene rings is 1. The van der Waals surface area contributed by atoms with Crippen molar-refractivity contribution in [3.8, 4) is 0 Å². The molecule has 1 amide bonds. The Morgan fingerprint density at radius 3 is 2.41 bits per heavy atom. The minimum absolute atomic E-state index is 0.286. The van der Waals surface area contributed by atoms with E-state index in [9.17, 15) is 9.59 Å². The van der Waals surface area contributed by atoms with Crippen LogP contribution in [0.5, 0.6) is 0 Å². The van der Waals surface area contributed by atoms with Gasteiger partial charge in [-0.05, 0) is 12.5 Å². The number of aliphatic carboxylic acids is 1. The molecule has 92 valence electrons. The molecule has 1 aromatic rings. The van der Waals surface area contributed by atoms with Crippen molar-refractivity contribution >= 4 is 11.9 Å². The molecule has 2 atom stereocenters. The molecule has 0 saturated heterocycles. The van der Waals surface area contributed by atoms with Gasteiger partial charge in [0.1, 0.15) is 0 Å². The van der Waals surface area contributed by atoms with Crippen molar-refractivity contribution in [1.29, 1.82) is 0 Å². The smallest absolute Gasteiger partial charge is 0.334 e. The van der Waals surface area contributed by atoms with Crippen LogP contribution in [0.2, 0.25) is 0 Å². The Bertz CT molecular complexity index is 391. The van der Waals surface area contributed by atoms with Crippen molar-refractivity contribution in [3.05, 3.63) is 35.9 Å². The van der Waals surface area contributed by atoms with E-state index in [-0.39, 0.29) is 18.4 Å². The van der Waals surface area contributed by atoms with Crippen LogP contribution in [0.25, 0.3) is 0 Å². The molecule has 0 saturated carbocycles. The topological polar surface area (TPSA) is 86.6 Å². The number of amides is 1. The molecular formula is C12H15NO4. The highest BCUT2D eigenvalue weighted by molar-refractivity contribution is 5.83. The summed E-state index contributed by atoms with van der Waals surface area (Å²) in [6, 6.07) is 9.13. The fraction of sp³-hybridized carbons (Fsp3) is 0.333. The highest BCUT2D eigenvalue weighted by atomic mass is 16.4. The number of hydrogen-bond acceptors (Lipinski definition) is 3. The Kier molecular flexibility index (Phi) is 4.66. The molecule has 0 spiro atoms.